The van der Waals surface area contributed by atoms with Crippen LogP contribution in [0.4, 0.5) is 10.1 Å². The topological polar surface area (TPSA) is 110 Å². The number of aliphatic carboxylic acids is 1. The minimum atomic E-state index is -1.31. The van der Waals surface area contributed by atoms with E-state index in [9.17, 15) is 19.1 Å². The minimum Gasteiger partial charge on any atom is -0.493 e. The Morgan fingerprint density at radius 3 is 2.26 bits per heavy atom. The number of carbonyl (C=O) groups excluding carboxylic acids is 1. The number of halogens is 1. The van der Waals surface area contributed by atoms with Crippen molar-refractivity contribution in [3.8, 4) is 16.9 Å². The second-order valence-electron chi connectivity index (χ2n) is 13.8. The number of carboxylic acid groups (broad SMARTS) is 1. The van der Waals surface area contributed by atoms with Crippen LogP contribution in [-0.2, 0) is 20.7 Å². The number of benzene rings is 2. The predicted molar refractivity (Wildman–Crippen MR) is 181 cm³/mol. The molecule has 1 atom stereocenters. The highest BCUT2D eigenvalue weighted by Crippen LogP contribution is 2.45. The van der Waals surface area contributed by atoms with Gasteiger partial charge in [-0.1, -0.05) is 38.1 Å². The average molecular weight is 650 g/mol. The van der Waals surface area contributed by atoms with Crippen LogP contribution in [0.3, 0.4) is 0 Å². The monoisotopic (exact) mass is 649 g/mol. The molecule has 0 radical (unpaired) electrons. The third-order valence-corrected chi connectivity index (χ3v) is 8.31. The molecule has 1 saturated heterocycles. The van der Waals surface area contributed by atoms with Crippen LogP contribution < -0.4 is 15.0 Å². The summed E-state index contributed by atoms with van der Waals surface area (Å²) in [4.78, 5) is 33.6. The molecule has 0 bridgehead atoms. The molecule has 0 aliphatic carbocycles. The summed E-state index contributed by atoms with van der Waals surface area (Å²) in [6, 6.07) is 13.7. The van der Waals surface area contributed by atoms with Gasteiger partial charge in [0.2, 0.25) is 0 Å². The van der Waals surface area contributed by atoms with Crippen molar-refractivity contribution < 1.29 is 33.3 Å². The number of carboxylic acids is 1. The van der Waals surface area contributed by atoms with E-state index in [0.717, 1.165) is 18.4 Å². The molecule has 1 aromatic heterocycles. The Kier molecular flexibility index (Phi) is 11.6. The van der Waals surface area contributed by atoms with Crippen molar-refractivity contribution in [3.05, 3.63) is 76.9 Å². The number of ether oxygens (including phenoxy) is 3. The van der Waals surface area contributed by atoms with Gasteiger partial charge in [0.15, 0.2) is 6.10 Å². The van der Waals surface area contributed by atoms with Crippen LogP contribution in [0, 0.1) is 18.2 Å². The van der Waals surface area contributed by atoms with E-state index in [0.29, 0.717) is 66.5 Å². The largest absolute Gasteiger partial charge is 0.493 e. The van der Waals surface area contributed by atoms with Gasteiger partial charge in [-0.25, -0.2) is 14.2 Å². The number of rotatable bonds is 13. The van der Waals surface area contributed by atoms with Crippen LogP contribution in [0.15, 0.2) is 48.5 Å². The van der Waals surface area contributed by atoms with Crippen LogP contribution in [0.2, 0.25) is 0 Å². The molecule has 1 aliphatic rings. The lowest BCUT2D eigenvalue weighted by atomic mass is 9.81. The number of aromatic nitrogens is 1. The number of nitrogens with zero attached hydrogens (tertiary/aromatic N) is 2. The van der Waals surface area contributed by atoms with Crippen molar-refractivity contribution >= 4 is 17.6 Å². The zero-order valence-electron chi connectivity index (χ0n) is 28.6. The Morgan fingerprint density at radius 1 is 1.04 bits per heavy atom. The van der Waals surface area contributed by atoms with Gasteiger partial charge >= 0.3 is 5.97 Å². The maximum Gasteiger partial charge on any atom is 0.337 e. The van der Waals surface area contributed by atoms with Crippen molar-refractivity contribution in [1.82, 2.24) is 10.3 Å². The van der Waals surface area contributed by atoms with E-state index in [-0.39, 0.29) is 29.4 Å². The maximum atomic E-state index is 13.8. The highest BCUT2D eigenvalue weighted by Gasteiger charge is 2.37. The number of amides is 1. The van der Waals surface area contributed by atoms with Gasteiger partial charge in [-0.2, -0.15) is 0 Å². The molecule has 4 rings (SSSR count). The van der Waals surface area contributed by atoms with Gasteiger partial charge < -0.3 is 29.5 Å². The fourth-order valence-electron chi connectivity index (χ4n) is 5.71. The number of hydrogen-bond acceptors (Lipinski definition) is 7. The van der Waals surface area contributed by atoms with Gasteiger partial charge in [0, 0.05) is 50.0 Å². The summed E-state index contributed by atoms with van der Waals surface area (Å²) in [6.45, 7) is 14.0. The molecule has 0 spiro atoms. The number of piperidine rings is 1. The van der Waals surface area contributed by atoms with E-state index < -0.39 is 17.7 Å². The van der Waals surface area contributed by atoms with Crippen LogP contribution in [0.1, 0.15) is 80.9 Å². The molecular formula is C37H48FN3O6. The Balaban J connectivity index is 1.83. The van der Waals surface area contributed by atoms with Gasteiger partial charge in [0.05, 0.1) is 24.5 Å². The zero-order chi connectivity index (χ0) is 34.4. The third kappa shape index (κ3) is 9.51. The number of aryl methyl sites for hydroxylation is 1. The first-order valence-corrected chi connectivity index (χ1v) is 16.1. The van der Waals surface area contributed by atoms with Crippen molar-refractivity contribution in [2.24, 2.45) is 5.41 Å². The summed E-state index contributed by atoms with van der Waals surface area (Å²) in [7, 11) is 1.56. The quantitative estimate of drug-likeness (QED) is 0.196. The average Bonchev–Trinajstić information content (AvgIpc) is 3.00. The molecule has 3 aromatic rings. The first kappa shape index (κ1) is 35.8. The van der Waals surface area contributed by atoms with E-state index in [1.165, 1.54) is 12.1 Å². The Hall–Kier alpha value is -4.02. The van der Waals surface area contributed by atoms with Crippen molar-refractivity contribution in [1.29, 1.82) is 0 Å². The molecule has 1 aliphatic heterocycles. The highest BCUT2D eigenvalue weighted by molar-refractivity contribution is 6.04. The van der Waals surface area contributed by atoms with Gasteiger partial charge in [0.25, 0.3) is 5.91 Å². The standard InChI is InChI=1S/C37H48FN3O6/c1-24-29(33(35(43)44)47-36(2,3)4)32(41-20-17-37(5,6)18-21-41)30(31(40-24)34(42)39-19-23-45-7)26-10-14-28(15-11-26)46-22-16-25-8-12-27(38)13-9-25/h8-15,33H,16-23H2,1-7H3,(H,39,42)(H,43,44)/t33-/m0/s1. The number of hydrogen-bond donors (Lipinski definition) is 2. The lowest BCUT2D eigenvalue weighted by Gasteiger charge is -2.41. The number of carbonyl (C=O) groups is 2. The summed E-state index contributed by atoms with van der Waals surface area (Å²) in [5.74, 6) is -1.16. The van der Waals surface area contributed by atoms with Crippen LogP contribution >= 0.6 is 0 Å². The van der Waals surface area contributed by atoms with Gasteiger partial charge in [-0.15, -0.1) is 0 Å². The van der Waals surface area contributed by atoms with E-state index in [4.69, 9.17) is 19.2 Å². The van der Waals surface area contributed by atoms with Gasteiger partial charge in [0.1, 0.15) is 17.3 Å². The fourth-order valence-corrected chi connectivity index (χ4v) is 5.71. The van der Waals surface area contributed by atoms with E-state index in [1.54, 1.807) is 26.2 Å². The number of pyridine rings is 1. The van der Waals surface area contributed by atoms with E-state index in [2.05, 4.69) is 24.1 Å². The Labute approximate surface area is 277 Å². The fraction of sp³-hybridized carbons (Fsp3) is 0.486. The molecule has 47 heavy (non-hydrogen) atoms. The first-order valence-electron chi connectivity index (χ1n) is 16.1. The lowest BCUT2D eigenvalue weighted by molar-refractivity contribution is -0.160. The molecule has 9 nitrogen and oxygen atoms in total. The number of nitrogens with one attached hydrogen (secondary N) is 1. The summed E-state index contributed by atoms with van der Waals surface area (Å²) < 4.78 is 30.6. The third-order valence-electron chi connectivity index (χ3n) is 8.31. The molecular weight excluding hydrogens is 601 g/mol. The van der Waals surface area contributed by atoms with Gasteiger partial charge in [-0.05, 0) is 81.3 Å². The zero-order valence-corrected chi connectivity index (χ0v) is 28.6. The summed E-state index contributed by atoms with van der Waals surface area (Å²) in [5.41, 5.74) is 3.27. The van der Waals surface area contributed by atoms with Crippen molar-refractivity contribution in [3.63, 3.8) is 0 Å². The smallest absolute Gasteiger partial charge is 0.337 e. The Bertz CT molecular complexity index is 1520. The number of anilines is 1. The first-order chi connectivity index (χ1) is 22.2. The summed E-state index contributed by atoms with van der Waals surface area (Å²) in [6.07, 6.45) is 1.08. The maximum absolute atomic E-state index is 13.8. The highest BCUT2D eigenvalue weighted by atomic mass is 19.1. The second kappa shape index (κ2) is 15.3. The molecule has 0 unspecified atom stereocenters. The molecule has 254 valence electrons. The molecule has 2 N–H and O–H groups in total. The van der Waals surface area contributed by atoms with Crippen LogP contribution in [0.5, 0.6) is 5.75 Å². The molecule has 1 fully saturated rings. The van der Waals surface area contributed by atoms with Crippen molar-refractivity contribution in [2.45, 2.75) is 72.5 Å². The second-order valence-corrected chi connectivity index (χ2v) is 13.8. The lowest BCUT2D eigenvalue weighted by Crippen LogP contribution is -2.40. The normalized spacial score (nSPS) is 15.3. The van der Waals surface area contributed by atoms with E-state index >= 15 is 0 Å². The van der Waals surface area contributed by atoms with Crippen molar-refractivity contribution in [2.75, 3.05) is 44.9 Å². The predicted octanol–water partition coefficient (Wildman–Crippen LogP) is 6.76. The molecule has 1 amide bonds. The molecule has 0 saturated carbocycles. The Morgan fingerprint density at radius 2 is 1.68 bits per heavy atom. The molecule has 2 aromatic carbocycles. The van der Waals surface area contributed by atoms with E-state index in [1.807, 2.05) is 45.0 Å². The molecule has 2 heterocycles. The number of methoxy groups -OCH3 is 1. The van der Waals surface area contributed by atoms with Crippen LogP contribution in [-0.4, -0.2) is 67.5 Å². The SMILES string of the molecule is COCCNC(=O)c1nc(C)c([C@H](OC(C)(C)C)C(=O)O)c(N2CCC(C)(C)CC2)c1-c1ccc(OCCc2ccc(F)cc2)cc1. The molecule has 10 heteroatoms. The van der Waals surface area contributed by atoms with Gasteiger partial charge in [-0.3, -0.25) is 4.79 Å². The summed E-state index contributed by atoms with van der Waals surface area (Å²) in [5, 5.41) is 13.4. The van der Waals surface area contributed by atoms with Crippen LogP contribution in [0.25, 0.3) is 11.1 Å². The minimum absolute atomic E-state index is 0.125. The summed E-state index contributed by atoms with van der Waals surface area (Å²) >= 11 is 0.